The minimum atomic E-state index is -0.581. The van der Waals surface area contributed by atoms with E-state index in [0.29, 0.717) is 6.42 Å². The van der Waals surface area contributed by atoms with Crippen LogP contribution in [-0.2, 0) is 6.42 Å². The Kier molecular flexibility index (Phi) is 7.59. The van der Waals surface area contributed by atoms with Gasteiger partial charge in [-0.1, -0.05) is 84.9 Å². The number of rotatable bonds is 9. The van der Waals surface area contributed by atoms with Gasteiger partial charge in [0, 0.05) is 6.61 Å². The molecule has 0 radical (unpaired) electrons. The maximum absolute atomic E-state index is 10.2. The highest BCUT2D eigenvalue weighted by atomic mass is 31.1. The van der Waals surface area contributed by atoms with Gasteiger partial charge in [-0.3, -0.25) is 0 Å². The van der Waals surface area contributed by atoms with Gasteiger partial charge in [0.15, 0.2) is 0 Å². The largest absolute Gasteiger partial charge is 0.396 e. The van der Waals surface area contributed by atoms with Crippen molar-refractivity contribution in [2.45, 2.75) is 31.8 Å². The van der Waals surface area contributed by atoms with Gasteiger partial charge in [-0.15, -0.1) is 0 Å². The normalized spacial score (nSPS) is 12.3. The molecule has 3 heteroatoms. The van der Waals surface area contributed by atoms with Gasteiger partial charge in [0.25, 0.3) is 0 Å². The van der Waals surface area contributed by atoms with E-state index in [2.05, 4.69) is 84.9 Å². The van der Waals surface area contributed by atoms with Crippen LogP contribution in [0.3, 0.4) is 0 Å². The lowest BCUT2D eigenvalue weighted by Gasteiger charge is -2.20. The van der Waals surface area contributed by atoms with E-state index in [9.17, 15) is 5.11 Å². The molecule has 3 aromatic carbocycles. The van der Waals surface area contributed by atoms with Crippen molar-refractivity contribution in [2.75, 3.05) is 6.61 Å². The summed E-state index contributed by atoms with van der Waals surface area (Å²) in [5.74, 6) is 0. The Balaban J connectivity index is 1.78. The fourth-order valence-electron chi connectivity index (χ4n) is 3.25. The van der Waals surface area contributed by atoms with Gasteiger partial charge in [-0.25, -0.2) is 0 Å². The zero-order valence-electron chi connectivity index (χ0n) is 15.5. The van der Waals surface area contributed by atoms with E-state index in [1.54, 1.807) is 0 Å². The smallest absolute Gasteiger partial charge is 0.0580 e. The summed E-state index contributed by atoms with van der Waals surface area (Å²) in [5.41, 5.74) is 1.16. The standard InChI is InChI=1S/C24H27O2P/c25-18-8-7-9-21(26)19-20-14-16-24(17-15-20)27(22-10-3-1-4-11-22)23-12-5-2-6-13-23/h1-6,10-17,21,25-26H,7-9,18-19H2. The second kappa shape index (κ2) is 10.4. The molecular weight excluding hydrogens is 351 g/mol. The van der Waals surface area contributed by atoms with Crippen molar-refractivity contribution in [3.05, 3.63) is 90.5 Å². The zero-order chi connectivity index (χ0) is 18.9. The first-order chi connectivity index (χ1) is 13.3. The molecule has 0 saturated carbocycles. The summed E-state index contributed by atoms with van der Waals surface area (Å²) in [5, 5.41) is 23.1. The number of hydrogen-bond donors (Lipinski definition) is 2. The third-order valence-corrected chi connectivity index (χ3v) is 7.08. The molecule has 0 fully saturated rings. The van der Waals surface area contributed by atoms with Crippen molar-refractivity contribution in [3.8, 4) is 0 Å². The summed E-state index contributed by atoms with van der Waals surface area (Å²) in [6.07, 6.45) is 2.69. The van der Waals surface area contributed by atoms with E-state index in [0.717, 1.165) is 24.8 Å². The maximum Gasteiger partial charge on any atom is 0.0580 e. The molecule has 1 unspecified atom stereocenters. The minimum absolute atomic E-state index is 0.198. The first kappa shape index (κ1) is 19.8. The molecule has 0 spiro atoms. The Bertz CT molecular complexity index is 748. The van der Waals surface area contributed by atoms with Crippen molar-refractivity contribution in [2.24, 2.45) is 0 Å². The van der Waals surface area contributed by atoms with Crippen LogP contribution in [0.4, 0.5) is 0 Å². The van der Waals surface area contributed by atoms with Crippen molar-refractivity contribution < 1.29 is 10.2 Å². The number of aliphatic hydroxyl groups excluding tert-OH is 2. The molecule has 0 aromatic heterocycles. The molecule has 3 aromatic rings. The number of unbranched alkanes of at least 4 members (excludes halogenated alkanes) is 1. The van der Waals surface area contributed by atoms with Crippen LogP contribution in [0.5, 0.6) is 0 Å². The number of benzene rings is 3. The Morgan fingerprint density at radius 1 is 0.667 bits per heavy atom. The third-order valence-electron chi connectivity index (χ3n) is 4.64. The van der Waals surface area contributed by atoms with Gasteiger partial charge in [0.2, 0.25) is 0 Å². The van der Waals surface area contributed by atoms with Crippen molar-refractivity contribution >= 4 is 23.8 Å². The molecule has 3 rings (SSSR count). The molecule has 0 aliphatic carbocycles. The highest BCUT2D eigenvalue weighted by Gasteiger charge is 2.16. The Hall–Kier alpha value is -1.99. The van der Waals surface area contributed by atoms with Crippen LogP contribution >= 0.6 is 7.92 Å². The second-order valence-electron chi connectivity index (χ2n) is 6.75. The monoisotopic (exact) mass is 378 g/mol. The summed E-state index contributed by atoms with van der Waals surface area (Å²) < 4.78 is 0. The molecule has 1 atom stereocenters. The summed E-state index contributed by atoms with van der Waals surface area (Å²) >= 11 is 0. The van der Waals surface area contributed by atoms with E-state index in [1.807, 2.05) is 0 Å². The van der Waals surface area contributed by atoms with Crippen LogP contribution in [-0.4, -0.2) is 22.9 Å². The quantitative estimate of drug-likeness (QED) is 0.442. The van der Waals surface area contributed by atoms with E-state index in [4.69, 9.17) is 5.11 Å². The Morgan fingerprint density at radius 3 is 1.70 bits per heavy atom. The average molecular weight is 378 g/mol. The zero-order valence-corrected chi connectivity index (χ0v) is 16.4. The minimum Gasteiger partial charge on any atom is -0.396 e. The van der Waals surface area contributed by atoms with E-state index < -0.39 is 7.92 Å². The molecule has 0 aliphatic heterocycles. The fourth-order valence-corrected chi connectivity index (χ4v) is 5.53. The van der Waals surface area contributed by atoms with Crippen molar-refractivity contribution in [3.63, 3.8) is 0 Å². The first-order valence-electron chi connectivity index (χ1n) is 9.56. The van der Waals surface area contributed by atoms with Crippen LogP contribution in [0.1, 0.15) is 24.8 Å². The van der Waals surface area contributed by atoms with Crippen LogP contribution in [0.2, 0.25) is 0 Å². The molecule has 0 bridgehead atoms. The SMILES string of the molecule is OCCCCC(O)Cc1ccc(P(c2ccccc2)c2ccccc2)cc1. The van der Waals surface area contributed by atoms with E-state index in [-0.39, 0.29) is 12.7 Å². The van der Waals surface area contributed by atoms with Crippen LogP contribution < -0.4 is 15.9 Å². The van der Waals surface area contributed by atoms with Crippen LogP contribution in [0, 0.1) is 0 Å². The molecule has 0 saturated heterocycles. The maximum atomic E-state index is 10.2. The Labute approximate surface area is 163 Å². The predicted molar refractivity (Wildman–Crippen MR) is 116 cm³/mol. The van der Waals surface area contributed by atoms with Gasteiger partial charge in [-0.05, 0) is 55.1 Å². The van der Waals surface area contributed by atoms with Gasteiger partial charge in [0.05, 0.1) is 6.10 Å². The molecule has 0 heterocycles. The molecule has 140 valence electrons. The average Bonchev–Trinajstić information content (AvgIpc) is 2.71. The van der Waals surface area contributed by atoms with E-state index >= 15 is 0 Å². The van der Waals surface area contributed by atoms with E-state index in [1.165, 1.54) is 15.9 Å². The fraction of sp³-hybridized carbons (Fsp3) is 0.250. The molecular formula is C24H27O2P. The lowest BCUT2D eigenvalue weighted by Crippen LogP contribution is -2.20. The van der Waals surface area contributed by atoms with Gasteiger partial charge >= 0.3 is 0 Å². The van der Waals surface area contributed by atoms with Gasteiger partial charge in [0.1, 0.15) is 0 Å². The van der Waals surface area contributed by atoms with Crippen molar-refractivity contribution in [1.82, 2.24) is 0 Å². The molecule has 0 amide bonds. The summed E-state index contributed by atoms with van der Waals surface area (Å²) in [7, 11) is -0.581. The number of aliphatic hydroxyl groups is 2. The summed E-state index contributed by atoms with van der Waals surface area (Å²) in [6, 6.07) is 30.1. The van der Waals surface area contributed by atoms with Crippen LogP contribution in [0.25, 0.3) is 0 Å². The Morgan fingerprint density at radius 2 is 1.19 bits per heavy atom. The molecule has 2 nitrogen and oxygen atoms in total. The second-order valence-corrected chi connectivity index (χ2v) is 8.97. The van der Waals surface area contributed by atoms with Crippen LogP contribution in [0.15, 0.2) is 84.9 Å². The lowest BCUT2D eigenvalue weighted by molar-refractivity contribution is 0.157. The molecule has 0 aliphatic rings. The topological polar surface area (TPSA) is 40.5 Å². The van der Waals surface area contributed by atoms with Gasteiger partial charge in [-0.2, -0.15) is 0 Å². The first-order valence-corrected chi connectivity index (χ1v) is 10.9. The third kappa shape index (κ3) is 5.74. The van der Waals surface area contributed by atoms with Gasteiger partial charge < -0.3 is 10.2 Å². The van der Waals surface area contributed by atoms with Crippen molar-refractivity contribution in [1.29, 1.82) is 0 Å². The molecule has 27 heavy (non-hydrogen) atoms. The highest BCUT2D eigenvalue weighted by molar-refractivity contribution is 7.79. The molecule has 2 N–H and O–H groups in total. The summed E-state index contributed by atoms with van der Waals surface area (Å²) in [4.78, 5) is 0. The lowest BCUT2D eigenvalue weighted by atomic mass is 10.0. The summed E-state index contributed by atoms with van der Waals surface area (Å²) in [6.45, 7) is 0.198. The predicted octanol–water partition coefficient (Wildman–Crippen LogP) is 3.51. The number of hydrogen-bond acceptors (Lipinski definition) is 2. The highest BCUT2D eigenvalue weighted by Crippen LogP contribution is 2.32.